The number of rotatable bonds is 6. The Bertz CT molecular complexity index is 594. The maximum absolute atomic E-state index is 6.06. The summed E-state index contributed by atoms with van der Waals surface area (Å²) in [5.41, 5.74) is 1.21. The monoisotopic (exact) mass is 515 g/mol. The van der Waals surface area contributed by atoms with Crippen LogP contribution in [0.4, 0.5) is 5.82 Å². The number of piperidine rings is 1. The van der Waals surface area contributed by atoms with E-state index in [9.17, 15) is 0 Å². The fourth-order valence-corrected chi connectivity index (χ4v) is 4.09. The van der Waals surface area contributed by atoms with Gasteiger partial charge in [0.25, 0.3) is 0 Å². The van der Waals surface area contributed by atoms with Crippen LogP contribution in [0.2, 0.25) is 0 Å². The predicted molar refractivity (Wildman–Crippen MR) is 132 cm³/mol. The van der Waals surface area contributed by atoms with Gasteiger partial charge in [-0.05, 0) is 44.2 Å². The largest absolute Gasteiger partial charge is 0.376 e. The van der Waals surface area contributed by atoms with E-state index in [1.165, 1.54) is 44.1 Å². The van der Waals surface area contributed by atoms with Gasteiger partial charge in [0, 0.05) is 38.9 Å². The zero-order valence-corrected chi connectivity index (χ0v) is 20.4. The number of hydrogen-bond acceptors (Lipinski definition) is 4. The fourth-order valence-electron chi connectivity index (χ4n) is 4.09. The molecule has 7 heteroatoms. The second kappa shape index (κ2) is 13.3. The Kier molecular flexibility index (Phi) is 11.1. The summed E-state index contributed by atoms with van der Waals surface area (Å²) in [4.78, 5) is 11.3. The molecular weight excluding hydrogens is 477 g/mol. The summed E-state index contributed by atoms with van der Waals surface area (Å²) in [5.74, 6) is 1.97. The summed E-state index contributed by atoms with van der Waals surface area (Å²) in [7, 11) is 1.84. The standard InChI is InChI=1S/C22H37N5O.HI/c1-18-9-10-21(25-17-18)27-14-11-19(12-15-27)26-22(23-2)24-13-16-28-20-7-5-3-4-6-8-20;/h9-10,17,19-20H,3-8,11-16H2,1-2H3,(H2,23,24,26);1H. The zero-order chi connectivity index (χ0) is 19.6. The van der Waals surface area contributed by atoms with Crippen molar-refractivity contribution >= 4 is 35.8 Å². The van der Waals surface area contributed by atoms with Crippen molar-refractivity contribution in [3.63, 3.8) is 0 Å². The molecule has 0 spiro atoms. The van der Waals surface area contributed by atoms with Crippen LogP contribution in [-0.2, 0) is 4.74 Å². The first-order chi connectivity index (χ1) is 13.7. The van der Waals surface area contributed by atoms with Crippen molar-refractivity contribution in [3.8, 4) is 0 Å². The van der Waals surface area contributed by atoms with Gasteiger partial charge in [-0.3, -0.25) is 4.99 Å². The molecule has 29 heavy (non-hydrogen) atoms. The van der Waals surface area contributed by atoms with Crippen LogP contribution in [-0.4, -0.2) is 56.4 Å². The van der Waals surface area contributed by atoms with Crippen molar-refractivity contribution in [1.29, 1.82) is 0 Å². The molecule has 3 rings (SSSR count). The lowest BCUT2D eigenvalue weighted by Gasteiger charge is -2.33. The van der Waals surface area contributed by atoms with E-state index in [0.717, 1.165) is 50.9 Å². The molecule has 0 radical (unpaired) electrons. The molecule has 2 aliphatic rings. The highest BCUT2D eigenvalue weighted by molar-refractivity contribution is 14.0. The SMILES string of the molecule is CN=C(NCCOC1CCCCCC1)NC1CCN(c2ccc(C)cn2)CC1.I. The van der Waals surface area contributed by atoms with Crippen molar-refractivity contribution in [2.24, 2.45) is 4.99 Å². The predicted octanol–water partition coefficient (Wildman–Crippen LogP) is 3.88. The molecule has 2 N–H and O–H groups in total. The molecule has 2 heterocycles. The Morgan fingerprint density at radius 3 is 2.48 bits per heavy atom. The molecule has 1 aliphatic carbocycles. The van der Waals surface area contributed by atoms with Crippen molar-refractivity contribution in [2.45, 2.75) is 70.4 Å². The van der Waals surface area contributed by atoms with Gasteiger partial charge in [-0.2, -0.15) is 0 Å². The third-order valence-corrected chi connectivity index (χ3v) is 5.83. The minimum Gasteiger partial charge on any atom is -0.376 e. The van der Waals surface area contributed by atoms with Crippen molar-refractivity contribution in [3.05, 3.63) is 23.9 Å². The number of nitrogens with one attached hydrogen (secondary N) is 2. The maximum Gasteiger partial charge on any atom is 0.191 e. The van der Waals surface area contributed by atoms with Gasteiger partial charge in [0.2, 0.25) is 0 Å². The number of halogens is 1. The molecule has 0 unspecified atom stereocenters. The second-order valence-electron chi connectivity index (χ2n) is 8.08. The number of hydrogen-bond donors (Lipinski definition) is 2. The van der Waals surface area contributed by atoms with E-state index < -0.39 is 0 Å². The zero-order valence-electron chi connectivity index (χ0n) is 18.0. The lowest BCUT2D eigenvalue weighted by Crippen LogP contribution is -2.49. The average Bonchev–Trinajstić information content (AvgIpc) is 3.00. The molecule has 1 saturated carbocycles. The normalized spacial score (nSPS) is 19.4. The van der Waals surface area contributed by atoms with Crippen molar-refractivity contribution < 1.29 is 4.74 Å². The summed E-state index contributed by atoms with van der Waals surface area (Å²) in [6.45, 7) is 5.68. The molecule has 164 valence electrons. The van der Waals surface area contributed by atoms with E-state index in [2.05, 4.69) is 44.6 Å². The molecule has 2 fully saturated rings. The number of pyridine rings is 1. The minimum atomic E-state index is 0. The molecule has 6 nitrogen and oxygen atoms in total. The van der Waals surface area contributed by atoms with Crippen molar-refractivity contribution in [1.82, 2.24) is 15.6 Å². The molecule has 0 atom stereocenters. The first-order valence-corrected chi connectivity index (χ1v) is 11.0. The molecule has 1 aromatic heterocycles. The van der Waals surface area contributed by atoms with Crippen LogP contribution in [0.3, 0.4) is 0 Å². The van der Waals surface area contributed by atoms with Gasteiger partial charge in [0.15, 0.2) is 5.96 Å². The van der Waals surface area contributed by atoms with E-state index in [1.807, 2.05) is 13.2 Å². The Labute approximate surface area is 193 Å². The van der Waals surface area contributed by atoms with Gasteiger partial charge in [-0.15, -0.1) is 24.0 Å². The molecule has 1 aromatic rings. The fraction of sp³-hybridized carbons (Fsp3) is 0.727. The number of guanidine groups is 1. The summed E-state index contributed by atoms with van der Waals surface area (Å²) in [6.07, 6.45) is 12.4. The average molecular weight is 515 g/mol. The molecule has 0 bridgehead atoms. The van der Waals surface area contributed by atoms with Crippen LogP contribution in [0.25, 0.3) is 0 Å². The van der Waals surface area contributed by atoms with E-state index in [4.69, 9.17) is 4.74 Å². The number of aryl methyl sites for hydroxylation is 1. The van der Waals surface area contributed by atoms with Gasteiger partial charge in [0.05, 0.1) is 12.7 Å². The highest BCUT2D eigenvalue weighted by Gasteiger charge is 2.21. The number of nitrogens with zero attached hydrogens (tertiary/aromatic N) is 3. The lowest BCUT2D eigenvalue weighted by molar-refractivity contribution is 0.0468. The van der Waals surface area contributed by atoms with E-state index in [-0.39, 0.29) is 24.0 Å². The quantitative estimate of drug-likeness (QED) is 0.198. The van der Waals surface area contributed by atoms with E-state index in [0.29, 0.717) is 12.1 Å². The third kappa shape index (κ3) is 8.28. The third-order valence-electron chi connectivity index (χ3n) is 5.83. The highest BCUT2D eigenvalue weighted by atomic mass is 127. The smallest absolute Gasteiger partial charge is 0.191 e. The van der Waals surface area contributed by atoms with Crippen LogP contribution < -0.4 is 15.5 Å². The van der Waals surface area contributed by atoms with Crippen LogP contribution in [0.15, 0.2) is 23.3 Å². The van der Waals surface area contributed by atoms with Crippen LogP contribution in [0.1, 0.15) is 56.9 Å². The Morgan fingerprint density at radius 1 is 1.14 bits per heavy atom. The number of anilines is 1. The van der Waals surface area contributed by atoms with Gasteiger partial charge in [-0.25, -0.2) is 4.98 Å². The first kappa shape index (κ1) is 24.2. The van der Waals surface area contributed by atoms with Crippen molar-refractivity contribution in [2.75, 3.05) is 38.2 Å². The second-order valence-corrected chi connectivity index (χ2v) is 8.08. The van der Waals surface area contributed by atoms with Crippen LogP contribution >= 0.6 is 24.0 Å². The van der Waals surface area contributed by atoms with Gasteiger partial charge < -0.3 is 20.3 Å². The van der Waals surface area contributed by atoms with Crippen LogP contribution in [0.5, 0.6) is 0 Å². The summed E-state index contributed by atoms with van der Waals surface area (Å²) in [6, 6.07) is 4.71. The van der Waals surface area contributed by atoms with Gasteiger partial charge in [-0.1, -0.05) is 31.7 Å². The molecule has 0 aromatic carbocycles. The number of aromatic nitrogens is 1. The Balaban J connectivity index is 0.00000300. The van der Waals surface area contributed by atoms with Gasteiger partial charge >= 0.3 is 0 Å². The lowest BCUT2D eigenvalue weighted by atomic mass is 10.1. The highest BCUT2D eigenvalue weighted by Crippen LogP contribution is 2.20. The molecule has 1 aliphatic heterocycles. The number of ether oxygens (including phenoxy) is 1. The van der Waals surface area contributed by atoms with E-state index in [1.54, 1.807) is 0 Å². The Hall–Kier alpha value is -1.09. The van der Waals surface area contributed by atoms with Gasteiger partial charge in [0.1, 0.15) is 5.82 Å². The van der Waals surface area contributed by atoms with Crippen LogP contribution in [0, 0.1) is 6.92 Å². The first-order valence-electron chi connectivity index (χ1n) is 11.0. The molecule has 0 amide bonds. The Morgan fingerprint density at radius 2 is 1.86 bits per heavy atom. The summed E-state index contributed by atoms with van der Waals surface area (Å²) in [5, 5.41) is 6.98. The summed E-state index contributed by atoms with van der Waals surface area (Å²) >= 11 is 0. The number of aliphatic imine (C=N–C) groups is 1. The maximum atomic E-state index is 6.06. The summed E-state index contributed by atoms with van der Waals surface area (Å²) < 4.78 is 6.06. The molecule has 1 saturated heterocycles. The minimum absolute atomic E-state index is 0. The van der Waals surface area contributed by atoms with E-state index >= 15 is 0 Å². The molecular formula is C22H38IN5O. The topological polar surface area (TPSA) is 61.8 Å².